The number of carbonyl (C=O) groups is 3. The number of hydrogen-bond donors (Lipinski definition) is 1. The zero-order chi connectivity index (χ0) is 18.1. The van der Waals surface area contributed by atoms with Gasteiger partial charge in [-0.1, -0.05) is 18.2 Å². The molecule has 134 valence electrons. The minimum Gasteiger partial charge on any atom is -0.315 e. The molecule has 1 aromatic heterocycles. The minimum absolute atomic E-state index is 0.0422. The number of rotatable bonds is 3. The zero-order valence-corrected chi connectivity index (χ0v) is 14.2. The summed E-state index contributed by atoms with van der Waals surface area (Å²) >= 11 is 0. The van der Waals surface area contributed by atoms with Crippen LogP contribution in [-0.4, -0.2) is 52.2 Å². The van der Waals surface area contributed by atoms with Crippen LogP contribution < -0.4 is 10.2 Å². The molecular formula is C18H19N5O3. The number of nitrogens with one attached hydrogen (secondary N) is 1. The molecule has 1 fully saturated rings. The van der Waals surface area contributed by atoms with Crippen molar-refractivity contribution in [2.75, 3.05) is 24.5 Å². The van der Waals surface area contributed by atoms with Crippen molar-refractivity contribution in [3.63, 3.8) is 0 Å². The molecule has 8 nitrogen and oxygen atoms in total. The highest BCUT2D eigenvalue weighted by molar-refractivity contribution is 6.01. The summed E-state index contributed by atoms with van der Waals surface area (Å²) in [5.41, 5.74) is 1.94. The van der Waals surface area contributed by atoms with Crippen molar-refractivity contribution in [3.8, 4) is 0 Å². The van der Waals surface area contributed by atoms with Gasteiger partial charge >= 0.3 is 6.03 Å². The van der Waals surface area contributed by atoms with Crippen LogP contribution in [0.1, 0.15) is 18.0 Å². The summed E-state index contributed by atoms with van der Waals surface area (Å²) in [6.07, 6.45) is 4.62. The average molecular weight is 353 g/mol. The van der Waals surface area contributed by atoms with Gasteiger partial charge < -0.3 is 9.80 Å². The van der Waals surface area contributed by atoms with Crippen molar-refractivity contribution in [1.82, 2.24) is 20.0 Å². The highest BCUT2D eigenvalue weighted by Gasteiger charge is 2.32. The van der Waals surface area contributed by atoms with Gasteiger partial charge in [0.05, 0.1) is 6.04 Å². The fourth-order valence-corrected chi connectivity index (χ4v) is 3.48. The Morgan fingerprint density at radius 1 is 1.23 bits per heavy atom. The largest absolute Gasteiger partial charge is 0.324 e. The van der Waals surface area contributed by atoms with E-state index in [0.29, 0.717) is 6.54 Å². The molecule has 4 amide bonds. The average Bonchev–Trinajstić information content (AvgIpc) is 3.18. The summed E-state index contributed by atoms with van der Waals surface area (Å²) in [6.45, 7) is 0.694. The maximum absolute atomic E-state index is 13.0. The van der Waals surface area contributed by atoms with Crippen molar-refractivity contribution in [2.24, 2.45) is 0 Å². The summed E-state index contributed by atoms with van der Waals surface area (Å²) < 4.78 is 1.86. The third kappa shape index (κ3) is 3.05. The lowest BCUT2D eigenvalue weighted by atomic mass is 9.98. The molecule has 0 saturated carbocycles. The van der Waals surface area contributed by atoms with Crippen LogP contribution in [0.2, 0.25) is 0 Å². The topological polar surface area (TPSA) is 87.5 Å². The Labute approximate surface area is 150 Å². The van der Waals surface area contributed by atoms with Crippen molar-refractivity contribution in [2.45, 2.75) is 18.9 Å². The van der Waals surface area contributed by atoms with Gasteiger partial charge in [0.1, 0.15) is 6.54 Å². The van der Waals surface area contributed by atoms with Gasteiger partial charge in [-0.3, -0.25) is 19.6 Å². The summed E-state index contributed by atoms with van der Waals surface area (Å²) in [7, 11) is 0. The van der Waals surface area contributed by atoms with Crippen LogP contribution in [0.3, 0.4) is 0 Å². The molecule has 1 unspecified atom stereocenters. The van der Waals surface area contributed by atoms with Crippen molar-refractivity contribution in [3.05, 3.63) is 48.3 Å². The molecule has 1 saturated heterocycles. The lowest BCUT2D eigenvalue weighted by molar-refractivity contribution is -0.124. The van der Waals surface area contributed by atoms with Crippen molar-refractivity contribution >= 4 is 23.5 Å². The highest BCUT2D eigenvalue weighted by Crippen LogP contribution is 2.31. The Bertz CT molecular complexity index is 848. The number of para-hydroxylation sites is 1. The molecule has 0 radical (unpaired) electrons. The maximum atomic E-state index is 13.0. The van der Waals surface area contributed by atoms with Gasteiger partial charge in [0, 0.05) is 37.6 Å². The highest BCUT2D eigenvalue weighted by atomic mass is 16.2. The predicted molar refractivity (Wildman–Crippen MR) is 93.5 cm³/mol. The first-order valence-corrected chi connectivity index (χ1v) is 8.58. The third-order valence-corrected chi connectivity index (χ3v) is 4.80. The molecule has 1 atom stereocenters. The SMILES string of the molecule is O=C1CCN(CC(=O)N2CC(n3cccn3)Cc3ccccc32)C(=O)N1. The van der Waals surface area contributed by atoms with E-state index in [2.05, 4.69) is 10.4 Å². The fraction of sp³-hybridized carbons (Fsp3) is 0.333. The number of nitrogens with zero attached hydrogens (tertiary/aromatic N) is 4. The van der Waals surface area contributed by atoms with E-state index in [4.69, 9.17) is 0 Å². The van der Waals surface area contributed by atoms with Gasteiger partial charge in [-0.2, -0.15) is 5.10 Å². The second-order valence-electron chi connectivity index (χ2n) is 6.50. The molecule has 0 spiro atoms. The lowest BCUT2D eigenvalue weighted by Crippen LogP contribution is -2.54. The van der Waals surface area contributed by atoms with Crippen molar-refractivity contribution < 1.29 is 14.4 Å². The first-order chi connectivity index (χ1) is 12.6. The van der Waals surface area contributed by atoms with Crippen LogP contribution in [0, 0.1) is 0 Å². The Kier molecular flexibility index (Phi) is 4.16. The van der Waals surface area contributed by atoms with E-state index in [1.54, 1.807) is 11.1 Å². The van der Waals surface area contributed by atoms with E-state index >= 15 is 0 Å². The summed E-state index contributed by atoms with van der Waals surface area (Å²) in [4.78, 5) is 39.3. The van der Waals surface area contributed by atoms with Crippen LogP contribution in [0.5, 0.6) is 0 Å². The number of fused-ring (bicyclic) bond motifs is 1. The molecule has 2 aliphatic rings. The number of carbonyl (C=O) groups excluding carboxylic acids is 3. The Hall–Kier alpha value is -3.16. The smallest absolute Gasteiger partial charge is 0.315 e. The molecule has 2 aliphatic heterocycles. The molecule has 1 N–H and O–H groups in total. The van der Waals surface area contributed by atoms with Gasteiger partial charge in [-0.15, -0.1) is 0 Å². The van der Waals surface area contributed by atoms with Gasteiger partial charge in [0.25, 0.3) is 0 Å². The Morgan fingerprint density at radius 2 is 2.08 bits per heavy atom. The predicted octanol–water partition coefficient (Wildman–Crippen LogP) is 0.955. The first kappa shape index (κ1) is 16.3. The van der Waals surface area contributed by atoms with Gasteiger partial charge in [0.2, 0.25) is 11.8 Å². The second kappa shape index (κ2) is 6.62. The van der Waals surface area contributed by atoms with E-state index in [0.717, 1.165) is 17.7 Å². The van der Waals surface area contributed by atoms with Crippen molar-refractivity contribution in [1.29, 1.82) is 0 Å². The first-order valence-electron chi connectivity index (χ1n) is 8.58. The number of amides is 4. The minimum atomic E-state index is -0.511. The van der Waals surface area contributed by atoms with E-state index in [1.165, 1.54) is 4.90 Å². The number of hydrogen-bond acceptors (Lipinski definition) is 4. The monoisotopic (exact) mass is 353 g/mol. The molecule has 1 aromatic carbocycles. The molecule has 0 bridgehead atoms. The van der Waals surface area contributed by atoms with Crippen LogP contribution >= 0.6 is 0 Å². The standard InChI is InChI=1S/C18H19N5O3/c24-16-6-9-21(18(26)20-16)12-17(25)22-11-14(23-8-3-7-19-23)10-13-4-1-2-5-15(13)22/h1-5,7-8,14H,6,9-12H2,(H,20,24,26). The normalized spacial score (nSPS) is 19.9. The Morgan fingerprint density at radius 3 is 2.85 bits per heavy atom. The van der Waals surface area contributed by atoms with Crippen LogP contribution in [-0.2, 0) is 16.0 Å². The molecule has 4 rings (SSSR count). The number of anilines is 1. The van der Waals surface area contributed by atoms with Gasteiger partial charge in [0.15, 0.2) is 0 Å². The zero-order valence-electron chi connectivity index (χ0n) is 14.2. The summed E-state index contributed by atoms with van der Waals surface area (Å²) in [5, 5.41) is 6.56. The number of imide groups is 1. The summed E-state index contributed by atoms with van der Waals surface area (Å²) in [5.74, 6) is -0.473. The molecule has 0 aliphatic carbocycles. The van der Waals surface area contributed by atoms with E-state index in [-0.39, 0.29) is 37.4 Å². The molecule has 8 heteroatoms. The third-order valence-electron chi connectivity index (χ3n) is 4.80. The number of urea groups is 1. The van der Waals surface area contributed by atoms with E-state index < -0.39 is 6.03 Å². The maximum Gasteiger partial charge on any atom is 0.324 e. The number of benzene rings is 1. The number of aromatic nitrogens is 2. The Balaban J connectivity index is 1.56. The lowest BCUT2D eigenvalue weighted by Gasteiger charge is -2.36. The quantitative estimate of drug-likeness (QED) is 0.890. The molecular weight excluding hydrogens is 334 g/mol. The van der Waals surface area contributed by atoms with Crippen LogP contribution in [0.4, 0.5) is 10.5 Å². The van der Waals surface area contributed by atoms with E-state index in [9.17, 15) is 14.4 Å². The summed E-state index contributed by atoms with van der Waals surface area (Å²) in [6, 6.07) is 9.19. The van der Waals surface area contributed by atoms with Gasteiger partial charge in [-0.05, 0) is 24.1 Å². The molecule has 2 aromatic rings. The molecule has 26 heavy (non-hydrogen) atoms. The van der Waals surface area contributed by atoms with Crippen LogP contribution in [0.25, 0.3) is 0 Å². The van der Waals surface area contributed by atoms with E-state index in [1.807, 2.05) is 41.2 Å². The fourth-order valence-electron chi connectivity index (χ4n) is 3.48. The molecule has 3 heterocycles. The van der Waals surface area contributed by atoms with Gasteiger partial charge in [-0.25, -0.2) is 4.79 Å². The second-order valence-corrected chi connectivity index (χ2v) is 6.50. The van der Waals surface area contributed by atoms with Crippen LogP contribution in [0.15, 0.2) is 42.7 Å².